The minimum Gasteiger partial charge on any atom is -0.472 e. The van der Waals surface area contributed by atoms with Gasteiger partial charge in [0.15, 0.2) is 0 Å². The van der Waals surface area contributed by atoms with Crippen molar-refractivity contribution in [3.63, 3.8) is 0 Å². The Hall–Kier alpha value is -1.88. The summed E-state index contributed by atoms with van der Waals surface area (Å²) in [6.45, 7) is 3.53. The van der Waals surface area contributed by atoms with Crippen LogP contribution in [0.2, 0.25) is 0 Å². The Morgan fingerprint density at radius 2 is 2.28 bits per heavy atom. The molecular formula is C13H18N4O. The van der Waals surface area contributed by atoms with Crippen molar-refractivity contribution in [1.82, 2.24) is 15.3 Å². The van der Waals surface area contributed by atoms with Crippen molar-refractivity contribution in [2.75, 3.05) is 19.0 Å². The van der Waals surface area contributed by atoms with Crippen molar-refractivity contribution in [2.45, 2.75) is 20.0 Å². The number of nitrogens with one attached hydrogen (secondary N) is 1. The van der Waals surface area contributed by atoms with Gasteiger partial charge in [-0.25, -0.2) is 9.97 Å². The summed E-state index contributed by atoms with van der Waals surface area (Å²) in [6.07, 6.45) is 5.28. The SMILES string of the molecule is CNCc1cnc(N(C)Cc2ccoc2)nc1C. The molecule has 5 nitrogen and oxygen atoms in total. The largest absolute Gasteiger partial charge is 0.472 e. The molecule has 2 heterocycles. The van der Waals surface area contributed by atoms with Gasteiger partial charge in [0.2, 0.25) is 5.95 Å². The predicted octanol–water partition coefficient (Wildman–Crippen LogP) is 1.73. The number of furan rings is 1. The molecule has 0 saturated heterocycles. The normalized spacial score (nSPS) is 10.6. The molecule has 0 spiro atoms. The van der Waals surface area contributed by atoms with Crippen LogP contribution in [0.3, 0.4) is 0 Å². The van der Waals surface area contributed by atoms with E-state index < -0.39 is 0 Å². The molecule has 96 valence electrons. The van der Waals surface area contributed by atoms with Crippen LogP contribution in [0.1, 0.15) is 16.8 Å². The maximum atomic E-state index is 5.05. The number of aryl methyl sites for hydroxylation is 1. The van der Waals surface area contributed by atoms with E-state index >= 15 is 0 Å². The number of nitrogens with zero attached hydrogens (tertiary/aromatic N) is 3. The third-order valence-corrected chi connectivity index (χ3v) is 2.78. The van der Waals surface area contributed by atoms with E-state index in [0.717, 1.165) is 35.9 Å². The van der Waals surface area contributed by atoms with E-state index in [1.165, 1.54) is 0 Å². The van der Waals surface area contributed by atoms with Gasteiger partial charge < -0.3 is 14.6 Å². The lowest BCUT2D eigenvalue weighted by atomic mass is 10.2. The minimum atomic E-state index is 0.730. The summed E-state index contributed by atoms with van der Waals surface area (Å²) in [6, 6.07) is 1.94. The van der Waals surface area contributed by atoms with Crippen molar-refractivity contribution in [1.29, 1.82) is 0 Å². The van der Waals surface area contributed by atoms with Crippen LogP contribution in [-0.4, -0.2) is 24.1 Å². The second kappa shape index (κ2) is 5.64. The second-order valence-electron chi connectivity index (χ2n) is 4.30. The van der Waals surface area contributed by atoms with Gasteiger partial charge >= 0.3 is 0 Å². The molecule has 0 unspecified atom stereocenters. The van der Waals surface area contributed by atoms with Gasteiger partial charge in [0.05, 0.1) is 12.5 Å². The fraction of sp³-hybridized carbons (Fsp3) is 0.385. The molecule has 0 aromatic carbocycles. The molecular weight excluding hydrogens is 228 g/mol. The van der Waals surface area contributed by atoms with Crippen molar-refractivity contribution in [3.8, 4) is 0 Å². The quantitative estimate of drug-likeness (QED) is 0.870. The van der Waals surface area contributed by atoms with Gasteiger partial charge in [0, 0.05) is 43.2 Å². The molecule has 5 heteroatoms. The van der Waals surface area contributed by atoms with Gasteiger partial charge in [0.25, 0.3) is 0 Å². The zero-order chi connectivity index (χ0) is 13.0. The number of aromatic nitrogens is 2. The molecule has 0 aliphatic rings. The third kappa shape index (κ3) is 2.87. The molecule has 0 aliphatic heterocycles. The Kier molecular flexibility index (Phi) is 3.94. The predicted molar refractivity (Wildman–Crippen MR) is 70.3 cm³/mol. The second-order valence-corrected chi connectivity index (χ2v) is 4.30. The summed E-state index contributed by atoms with van der Waals surface area (Å²) in [4.78, 5) is 10.9. The van der Waals surface area contributed by atoms with Crippen LogP contribution in [0.25, 0.3) is 0 Å². The highest BCUT2D eigenvalue weighted by Crippen LogP contribution is 2.13. The summed E-state index contributed by atoms with van der Waals surface area (Å²) in [7, 11) is 3.89. The zero-order valence-corrected chi connectivity index (χ0v) is 11.0. The van der Waals surface area contributed by atoms with Crippen molar-refractivity contribution >= 4 is 5.95 Å². The lowest BCUT2D eigenvalue weighted by molar-refractivity contribution is 0.563. The van der Waals surface area contributed by atoms with Crippen LogP contribution < -0.4 is 10.2 Å². The van der Waals surface area contributed by atoms with Crippen molar-refractivity contribution in [2.24, 2.45) is 0 Å². The summed E-state index contributed by atoms with van der Waals surface area (Å²) >= 11 is 0. The molecule has 0 aliphatic carbocycles. The number of rotatable bonds is 5. The van der Waals surface area contributed by atoms with Crippen LogP contribution in [0.15, 0.2) is 29.2 Å². The third-order valence-electron chi connectivity index (χ3n) is 2.78. The molecule has 2 rings (SSSR count). The van der Waals surface area contributed by atoms with Crippen molar-refractivity contribution in [3.05, 3.63) is 41.6 Å². The molecule has 0 amide bonds. The summed E-state index contributed by atoms with van der Waals surface area (Å²) < 4.78 is 5.05. The average molecular weight is 246 g/mol. The monoisotopic (exact) mass is 246 g/mol. The zero-order valence-electron chi connectivity index (χ0n) is 11.0. The Balaban J connectivity index is 2.11. The Bertz CT molecular complexity index is 496. The average Bonchev–Trinajstić information content (AvgIpc) is 2.84. The van der Waals surface area contributed by atoms with Gasteiger partial charge in [-0.05, 0) is 20.0 Å². The van der Waals surface area contributed by atoms with E-state index in [0.29, 0.717) is 0 Å². The van der Waals surface area contributed by atoms with E-state index in [9.17, 15) is 0 Å². The summed E-state index contributed by atoms with van der Waals surface area (Å²) in [5.41, 5.74) is 3.24. The topological polar surface area (TPSA) is 54.2 Å². The van der Waals surface area contributed by atoms with E-state index in [1.54, 1.807) is 12.5 Å². The molecule has 2 aromatic heterocycles. The first kappa shape index (κ1) is 12.6. The van der Waals surface area contributed by atoms with E-state index in [1.807, 2.05) is 38.2 Å². The van der Waals surface area contributed by atoms with Crippen LogP contribution >= 0.6 is 0 Å². The lowest BCUT2D eigenvalue weighted by Crippen LogP contribution is -2.20. The highest BCUT2D eigenvalue weighted by atomic mass is 16.3. The summed E-state index contributed by atoms with van der Waals surface area (Å²) in [5, 5.41) is 3.10. The first-order valence-corrected chi connectivity index (χ1v) is 5.90. The molecule has 1 N–H and O–H groups in total. The fourth-order valence-electron chi connectivity index (χ4n) is 1.75. The van der Waals surface area contributed by atoms with Crippen LogP contribution in [0.4, 0.5) is 5.95 Å². The number of hydrogen-bond acceptors (Lipinski definition) is 5. The highest BCUT2D eigenvalue weighted by molar-refractivity contribution is 5.33. The minimum absolute atomic E-state index is 0.730. The Labute approximate surface area is 107 Å². The van der Waals surface area contributed by atoms with Gasteiger partial charge in [-0.15, -0.1) is 0 Å². The van der Waals surface area contributed by atoms with Gasteiger partial charge in [-0.2, -0.15) is 0 Å². The van der Waals surface area contributed by atoms with Crippen LogP contribution in [0, 0.1) is 6.92 Å². The first-order valence-electron chi connectivity index (χ1n) is 5.90. The van der Waals surface area contributed by atoms with E-state index in [2.05, 4.69) is 15.3 Å². The van der Waals surface area contributed by atoms with Crippen LogP contribution in [0.5, 0.6) is 0 Å². The van der Waals surface area contributed by atoms with E-state index in [-0.39, 0.29) is 0 Å². The maximum Gasteiger partial charge on any atom is 0.225 e. The molecule has 18 heavy (non-hydrogen) atoms. The molecule has 0 radical (unpaired) electrons. The first-order chi connectivity index (χ1) is 8.70. The van der Waals surface area contributed by atoms with Crippen molar-refractivity contribution < 1.29 is 4.42 Å². The molecule has 0 fully saturated rings. The highest BCUT2D eigenvalue weighted by Gasteiger charge is 2.08. The fourth-order valence-corrected chi connectivity index (χ4v) is 1.75. The van der Waals surface area contributed by atoms with Crippen LogP contribution in [-0.2, 0) is 13.1 Å². The van der Waals surface area contributed by atoms with E-state index in [4.69, 9.17) is 4.42 Å². The summed E-state index contributed by atoms with van der Waals surface area (Å²) in [5.74, 6) is 0.730. The number of anilines is 1. The smallest absolute Gasteiger partial charge is 0.225 e. The Morgan fingerprint density at radius 3 is 2.89 bits per heavy atom. The molecule has 0 bridgehead atoms. The maximum absolute atomic E-state index is 5.05. The van der Waals surface area contributed by atoms with Gasteiger partial charge in [0.1, 0.15) is 0 Å². The number of hydrogen-bond donors (Lipinski definition) is 1. The van der Waals surface area contributed by atoms with Gasteiger partial charge in [-0.3, -0.25) is 0 Å². The Morgan fingerprint density at radius 1 is 1.44 bits per heavy atom. The standard InChI is InChI=1S/C13H18N4O/c1-10-12(6-14-2)7-15-13(16-10)17(3)8-11-4-5-18-9-11/h4-5,7,9,14H,6,8H2,1-3H3. The lowest BCUT2D eigenvalue weighted by Gasteiger charge is -2.17. The molecule has 0 saturated carbocycles. The molecule has 0 atom stereocenters. The van der Waals surface area contributed by atoms with Gasteiger partial charge in [-0.1, -0.05) is 0 Å². The molecule has 2 aromatic rings.